The molecule has 0 amide bonds. The van der Waals surface area contributed by atoms with Crippen molar-refractivity contribution < 1.29 is 4.74 Å². The van der Waals surface area contributed by atoms with Gasteiger partial charge >= 0.3 is 0 Å². The Kier molecular flexibility index (Phi) is 3.50. The summed E-state index contributed by atoms with van der Waals surface area (Å²) in [6, 6.07) is 4.36. The van der Waals surface area contributed by atoms with Gasteiger partial charge in [0.05, 0.1) is 11.1 Å². The molecule has 1 unspecified atom stereocenters. The quantitative estimate of drug-likeness (QED) is 0.898. The van der Waals surface area contributed by atoms with Gasteiger partial charge in [-0.1, -0.05) is 20.8 Å². The first kappa shape index (κ1) is 12.9. The smallest absolute Gasteiger partial charge is 0.138 e. The highest BCUT2D eigenvalue weighted by Crippen LogP contribution is 2.43. The normalized spacial score (nSPS) is 23.4. The zero-order chi connectivity index (χ0) is 12.6. The van der Waals surface area contributed by atoms with Crippen molar-refractivity contribution in [1.29, 1.82) is 0 Å². The van der Waals surface area contributed by atoms with Gasteiger partial charge in [-0.25, -0.2) is 0 Å². The van der Waals surface area contributed by atoms with Crippen LogP contribution >= 0.6 is 15.9 Å². The van der Waals surface area contributed by atoms with Crippen LogP contribution in [0.4, 0.5) is 0 Å². The second kappa shape index (κ2) is 4.62. The van der Waals surface area contributed by atoms with Crippen molar-refractivity contribution in [2.45, 2.75) is 45.1 Å². The average Bonchev–Trinajstić information content (AvgIpc) is 2.30. The molecule has 2 N–H and O–H groups in total. The maximum atomic E-state index is 6.51. The number of benzene rings is 1. The highest BCUT2D eigenvalue weighted by atomic mass is 79.9. The molecule has 0 aliphatic carbocycles. The number of ether oxygens (including phenoxy) is 1. The molecular weight excluding hydrogens is 278 g/mol. The lowest BCUT2D eigenvalue weighted by molar-refractivity contribution is 0.211. The standard InChI is InChI=1S/C14H20BrNO/c1-4-14(16)5-6-17-13-11(14)7-10(9(2)3)8-12(13)15/h7-9H,4-6,16H2,1-3H3. The van der Waals surface area contributed by atoms with Crippen molar-refractivity contribution >= 4 is 15.9 Å². The predicted octanol–water partition coefficient (Wildman–Crippen LogP) is 3.92. The third-order valence-corrected chi connectivity index (χ3v) is 4.28. The Morgan fingerprint density at radius 2 is 2.18 bits per heavy atom. The van der Waals surface area contributed by atoms with E-state index in [1.54, 1.807) is 0 Å². The van der Waals surface area contributed by atoms with Gasteiger partial charge < -0.3 is 10.5 Å². The van der Waals surface area contributed by atoms with E-state index in [-0.39, 0.29) is 5.54 Å². The molecule has 2 rings (SSSR count). The van der Waals surface area contributed by atoms with Gasteiger partial charge in [0.1, 0.15) is 5.75 Å². The molecule has 94 valence electrons. The molecule has 3 heteroatoms. The Bertz CT molecular complexity index is 430. The van der Waals surface area contributed by atoms with Gasteiger partial charge in [-0.2, -0.15) is 0 Å². The molecule has 0 aromatic heterocycles. The molecule has 1 aliphatic rings. The van der Waals surface area contributed by atoms with Crippen molar-refractivity contribution in [2.75, 3.05) is 6.61 Å². The summed E-state index contributed by atoms with van der Waals surface area (Å²) in [5, 5.41) is 0. The maximum absolute atomic E-state index is 6.51. The van der Waals surface area contributed by atoms with Gasteiger partial charge in [-0.3, -0.25) is 0 Å². The summed E-state index contributed by atoms with van der Waals surface area (Å²) in [4.78, 5) is 0. The lowest BCUT2D eigenvalue weighted by atomic mass is 9.81. The van der Waals surface area contributed by atoms with Crippen LogP contribution < -0.4 is 10.5 Å². The van der Waals surface area contributed by atoms with Crippen LogP contribution in [-0.2, 0) is 5.54 Å². The fourth-order valence-electron chi connectivity index (χ4n) is 2.30. The largest absolute Gasteiger partial charge is 0.492 e. The second-order valence-electron chi connectivity index (χ2n) is 5.14. The van der Waals surface area contributed by atoms with Crippen molar-refractivity contribution in [1.82, 2.24) is 0 Å². The maximum Gasteiger partial charge on any atom is 0.138 e. The number of rotatable bonds is 2. The highest BCUT2D eigenvalue weighted by Gasteiger charge is 2.33. The Hall–Kier alpha value is -0.540. The zero-order valence-corrected chi connectivity index (χ0v) is 12.3. The third kappa shape index (κ3) is 2.23. The molecule has 1 aliphatic heterocycles. The van der Waals surface area contributed by atoms with E-state index in [1.807, 2.05) is 0 Å². The molecular formula is C14H20BrNO. The van der Waals surface area contributed by atoms with Gasteiger partial charge in [0.2, 0.25) is 0 Å². The van der Waals surface area contributed by atoms with E-state index >= 15 is 0 Å². The molecule has 0 fully saturated rings. The van der Waals surface area contributed by atoms with Crippen LogP contribution in [0.15, 0.2) is 16.6 Å². The SMILES string of the molecule is CCC1(N)CCOc2c(Br)cc(C(C)C)cc21. The van der Waals surface area contributed by atoms with Crippen molar-refractivity contribution in [2.24, 2.45) is 5.73 Å². The van der Waals surface area contributed by atoms with Gasteiger partial charge in [0.25, 0.3) is 0 Å². The molecule has 0 saturated carbocycles. The van der Waals surface area contributed by atoms with E-state index < -0.39 is 0 Å². The minimum absolute atomic E-state index is 0.235. The molecule has 0 bridgehead atoms. The molecule has 17 heavy (non-hydrogen) atoms. The first-order valence-electron chi connectivity index (χ1n) is 6.23. The molecule has 2 nitrogen and oxygen atoms in total. The molecule has 1 heterocycles. The van der Waals surface area contributed by atoms with Gasteiger partial charge in [-0.15, -0.1) is 0 Å². The summed E-state index contributed by atoms with van der Waals surface area (Å²) in [5.41, 5.74) is 8.74. The monoisotopic (exact) mass is 297 g/mol. The Morgan fingerprint density at radius 3 is 2.76 bits per heavy atom. The number of hydrogen-bond acceptors (Lipinski definition) is 2. The van der Waals surface area contributed by atoms with Gasteiger partial charge in [0, 0.05) is 17.5 Å². The number of hydrogen-bond donors (Lipinski definition) is 1. The first-order chi connectivity index (χ1) is 7.98. The fraction of sp³-hybridized carbons (Fsp3) is 0.571. The summed E-state index contributed by atoms with van der Waals surface area (Å²) in [6.45, 7) is 7.24. The lowest BCUT2D eigenvalue weighted by Crippen LogP contribution is -2.41. The minimum Gasteiger partial charge on any atom is -0.492 e. The Balaban J connectivity index is 2.59. The van der Waals surface area contributed by atoms with Gasteiger partial charge in [0.15, 0.2) is 0 Å². The summed E-state index contributed by atoms with van der Waals surface area (Å²) in [6.07, 6.45) is 1.84. The van der Waals surface area contributed by atoms with E-state index in [2.05, 4.69) is 48.8 Å². The van der Waals surface area contributed by atoms with Crippen molar-refractivity contribution in [3.63, 3.8) is 0 Å². The molecule has 1 aromatic carbocycles. The average molecular weight is 298 g/mol. The van der Waals surface area contributed by atoms with Crippen molar-refractivity contribution in [3.8, 4) is 5.75 Å². The minimum atomic E-state index is -0.235. The van der Waals surface area contributed by atoms with Crippen molar-refractivity contribution in [3.05, 3.63) is 27.7 Å². The Morgan fingerprint density at radius 1 is 1.47 bits per heavy atom. The van der Waals surface area contributed by atoms with E-state index in [0.717, 1.165) is 28.6 Å². The van der Waals surface area contributed by atoms with E-state index in [1.165, 1.54) is 5.56 Å². The van der Waals surface area contributed by atoms with E-state index in [0.29, 0.717) is 12.5 Å². The molecule has 1 atom stereocenters. The van der Waals surface area contributed by atoms with Crippen LogP contribution in [-0.4, -0.2) is 6.61 Å². The second-order valence-corrected chi connectivity index (χ2v) is 6.00. The molecule has 1 aromatic rings. The summed E-state index contributed by atoms with van der Waals surface area (Å²) >= 11 is 3.60. The predicted molar refractivity (Wildman–Crippen MR) is 74.5 cm³/mol. The number of nitrogens with two attached hydrogens (primary N) is 1. The van der Waals surface area contributed by atoms with E-state index in [9.17, 15) is 0 Å². The topological polar surface area (TPSA) is 35.2 Å². The molecule has 0 saturated heterocycles. The van der Waals surface area contributed by atoms with Crippen LogP contribution in [0, 0.1) is 0 Å². The van der Waals surface area contributed by atoms with E-state index in [4.69, 9.17) is 10.5 Å². The number of fused-ring (bicyclic) bond motifs is 1. The third-order valence-electron chi connectivity index (χ3n) is 3.69. The molecule has 0 spiro atoms. The zero-order valence-electron chi connectivity index (χ0n) is 10.7. The highest BCUT2D eigenvalue weighted by molar-refractivity contribution is 9.10. The Labute approximate surface area is 112 Å². The summed E-state index contributed by atoms with van der Waals surface area (Å²) < 4.78 is 6.79. The van der Waals surface area contributed by atoms with Crippen LogP contribution in [0.5, 0.6) is 5.75 Å². The van der Waals surface area contributed by atoms with Crippen LogP contribution in [0.25, 0.3) is 0 Å². The fourth-order valence-corrected chi connectivity index (χ4v) is 2.89. The summed E-state index contributed by atoms with van der Waals surface area (Å²) in [5.74, 6) is 1.43. The summed E-state index contributed by atoms with van der Waals surface area (Å²) in [7, 11) is 0. The van der Waals surface area contributed by atoms with Crippen LogP contribution in [0.1, 0.15) is 50.7 Å². The molecule has 0 radical (unpaired) electrons. The van der Waals surface area contributed by atoms with Gasteiger partial charge in [-0.05, 0) is 46.0 Å². The van der Waals surface area contributed by atoms with Crippen LogP contribution in [0.3, 0.4) is 0 Å². The lowest BCUT2D eigenvalue weighted by Gasteiger charge is -2.36. The first-order valence-corrected chi connectivity index (χ1v) is 7.03. The number of halogens is 1. The van der Waals surface area contributed by atoms with Crippen LogP contribution in [0.2, 0.25) is 0 Å².